The predicted octanol–water partition coefficient (Wildman–Crippen LogP) is 2.45. The molecule has 0 aromatic carbocycles. The van der Waals surface area contributed by atoms with Gasteiger partial charge < -0.3 is 10.2 Å². The van der Waals surface area contributed by atoms with Gasteiger partial charge in [-0.1, -0.05) is 13.3 Å². The number of carbonyl (C=O) groups excluding carboxylic acids is 1. The quantitative estimate of drug-likeness (QED) is 0.835. The fourth-order valence-corrected chi connectivity index (χ4v) is 3.17. The van der Waals surface area contributed by atoms with Gasteiger partial charge in [-0.2, -0.15) is 0 Å². The largest absolute Gasteiger partial charge is 0.343 e. The number of piperidine rings is 1. The summed E-state index contributed by atoms with van der Waals surface area (Å²) in [6.07, 6.45) is 5.87. The van der Waals surface area contributed by atoms with Gasteiger partial charge >= 0.3 is 0 Å². The Balaban J connectivity index is 0.00000162. The molecule has 1 unspecified atom stereocenters. The van der Waals surface area contributed by atoms with Crippen molar-refractivity contribution < 1.29 is 4.79 Å². The standard InChI is InChI=1S/C14H26N2O.ClH/c1-3-5-10-16(4-2)13(17)12-11-14(12)6-8-15-9-7-14;/h12,15H,3-11H2,1-2H3;1H. The summed E-state index contributed by atoms with van der Waals surface area (Å²) in [5.41, 5.74) is 0.391. The van der Waals surface area contributed by atoms with Crippen LogP contribution >= 0.6 is 12.4 Å². The Labute approximate surface area is 117 Å². The molecule has 4 heteroatoms. The number of nitrogens with zero attached hydrogens (tertiary/aromatic N) is 1. The fourth-order valence-electron chi connectivity index (χ4n) is 3.17. The van der Waals surface area contributed by atoms with Crippen molar-refractivity contribution in [1.82, 2.24) is 10.2 Å². The van der Waals surface area contributed by atoms with Crippen molar-refractivity contribution in [3.63, 3.8) is 0 Å². The van der Waals surface area contributed by atoms with E-state index in [0.29, 0.717) is 17.2 Å². The Morgan fingerprint density at radius 1 is 1.33 bits per heavy atom. The number of carbonyl (C=O) groups is 1. The molecule has 106 valence electrons. The highest BCUT2D eigenvalue weighted by atomic mass is 35.5. The number of nitrogens with one attached hydrogen (secondary N) is 1. The van der Waals surface area contributed by atoms with Gasteiger partial charge in [-0.05, 0) is 51.1 Å². The minimum atomic E-state index is 0. The average Bonchev–Trinajstić information content (AvgIpc) is 3.04. The maximum absolute atomic E-state index is 12.4. The first-order valence-electron chi connectivity index (χ1n) is 7.23. The predicted molar refractivity (Wildman–Crippen MR) is 77.1 cm³/mol. The summed E-state index contributed by atoms with van der Waals surface area (Å²) in [7, 11) is 0. The fraction of sp³-hybridized carbons (Fsp3) is 0.929. The number of halogens is 1. The van der Waals surface area contributed by atoms with Crippen LogP contribution in [0.15, 0.2) is 0 Å². The normalized spacial score (nSPS) is 24.4. The van der Waals surface area contributed by atoms with Gasteiger partial charge in [-0.25, -0.2) is 0 Å². The van der Waals surface area contributed by atoms with Gasteiger partial charge in [0.2, 0.25) is 5.91 Å². The maximum atomic E-state index is 12.4. The zero-order chi connectivity index (χ0) is 12.3. The first-order chi connectivity index (χ1) is 8.23. The summed E-state index contributed by atoms with van der Waals surface area (Å²) in [4.78, 5) is 14.5. The second-order valence-corrected chi connectivity index (χ2v) is 5.64. The zero-order valence-electron chi connectivity index (χ0n) is 11.7. The van der Waals surface area contributed by atoms with E-state index in [-0.39, 0.29) is 12.4 Å². The van der Waals surface area contributed by atoms with Gasteiger partial charge in [-0.15, -0.1) is 12.4 Å². The monoisotopic (exact) mass is 274 g/mol. The Morgan fingerprint density at radius 2 is 2.00 bits per heavy atom. The molecule has 18 heavy (non-hydrogen) atoms. The lowest BCUT2D eigenvalue weighted by Gasteiger charge is -2.26. The first kappa shape index (κ1) is 15.8. The lowest BCUT2D eigenvalue weighted by atomic mass is 9.91. The highest BCUT2D eigenvalue weighted by molar-refractivity contribution is 5.85. The molecule has 0 aromatic heterocycles. The van der Waals surface area contributed by atoms with Gasteiger partial charge in [-0.3, -0.25) is 4.79 Å². The number of hydrogen-bond donors (Lipinski definition) is 1. The van der Waals surface area contributed by atoms with E-state index >= 15 is 0 Å². The van der Waals surface area contributed by atoms with Crippen LogP contribution in [0.3, 0.4) is 0 Å². The van der Waals surface area contributed by atoms with Gasteiger partial charge in [0.1, 0.15) is 0 Å². The number of rotatable bonds is 5. The number of amides is 1. The van der Waals surface area contributed by atoms with Crippen molar-refractivity contribution in [3.8, 4) is 0 Å². The van der Waals surface area contributed by atoms with Crippen molar-refractivity contribution in [2.75, 3.05) is 26.2 Å². The van der Waals surface area contributed by atoms with Crippen LogP contribution in [-0.2, 0) is 4.79 Å². The van der Waals surface area contributed by atoms with E-state index in [1.165, 1.54) is 19.3 Å². The second-order valence-electron chi connectivity index (χ2n) is 5.64. The van der Waals surface area contributed by atoms with Crippen LogP contribution in [0.4, 0.5) is 0 Å². The van der Waals surface area contributed by atoms with E-state index in [1.807, 2.05) is 0 Å². The molecule has 0 radical (unpaired) electrons. The first-order valence-corrected chi connectivity index (χ1v) is 7.23. The van der Waals surface area contributed by atoms with E-state index in [0.717, 1.165) is 39.0 Å². The highest BCUT2D eigenvalue weighted by Gasteiger charge is 2.58. The zero-order valence-corrected chi connectivity index (χ0v) is 12.5. The molecule has 1 heterocycles. The maximum Gasteiger partial charge on any atom is 0.226 e. The molecule has 1 aliphatic heterocycles. The SMILES string of the molecule is CCCCN(CC)C(=O)C1CC12CCNCC2.Cl. The molecule has 1 atom stereocenters. The van der Waals surface area contributed by atoms with Crippen molar-refractivity contribution in [2.45, 2.75) is 46.0 Å². The van der Waals surface area contributed by atoms with Gasteiger partial charge in [0.05, 0.1) is 0 Å². The molecule has 0 aromatic rings. The van der Waals surface area contributed by atoms with Crippen LogP contribution in [0, 0.1) is 11.3 Å². The summed E-state index contributed by atoms with van der Waals surface area (Å²) in [5.74, 6) is 0.782. The van der Waals surface area contributed by atoms with Gasteiger partial charge in [0.15, 0.2) is 0 Å². The van der Waals surface area contributed by atoms with Crippen LogP contribution in [0.5, 0.6) is 0 Å². The molecule has 1 saturated heterocycles. The topological polar surface area (TPSA) is 32.3 Å². The summed E-state index contributed by atoms with van der Waals surface area (Å²) < 4.78 is 0. The minimum absolute atomic E-state index is 0. The molecule has 2 aliphatic rings. The van der Waals surface area contributed by atoms with Crippen molar-refractivity contribution in [3.05, 3.63) is 0 Å². The molecule has 2 fully saturated rings. The molecule has 1 aliphatic carbocycles. The van der Waals surface area contributed by atoms with Gasteiger partial charge in [0.25, 0.3) is 0 Å². The molecule has 1 saturated carbocycles. The van der Waals surface area contributed by atoms with Crippen LogP contribution in [0.2, 0.25) is 0 Å². The van der Waals surface area contributed by atoms with Crippen molar-refractivity contribution >= 4 is 18.3 Å². The van der Waals surface area contributed by atoms with Crippen molar-refractivity contribution in [2.24, 2.45) is 11.3 Å². The Morgan fingerprint density at radius 3 is 2.56 bits per heavy atom. The molecule has 1 N–H and O–H groups in total. The third-order valence-corrected chi connectivity index (χ3v) is 4.56. The van der Waals surface area contributed by atoms with E-state index in [1.54, 1.807) is 0 Å². The Hall–Kier alpha value is -0.280. The van der Waals surface area contributed by atoms with E-state index in [2.05, 4.69) is 24.1 Å². The Bertz CT molecular complexity index is 277. The number of hydrogen-bond acceptors (Lipinski definition) is 2. The van der Waals surface area contributed by atoms with Crippen LogP contribution in [-0.4, -0.2) is 37.0 Å². The third kappa shape index (κ3) is 3.18. The lowest BCUT2D eigenvalue weighted by molar-refractivity contribution is -0.133. The minimum Gasteiger partial charge on any atom is -0.343 e. The smallest absolute Gasteiger partial charge is 0.226 e. The molecule has 2 rings (SSSR count). The summed E-state index contributed by atoms with van der Waals surface area (Å²) >= 11 is 0. The second kappa shape index (κ2) is 6.76. The molecular weight excluding hydrogens is 248 g/mol. The van der Waals surface area contributed by atoms with E-state index < -0.39 is 0 Å². The lowest BCUT2D eigenvalue weighted by Crippen LogP contribution is -2.37. The highest BCUT2D eigenvalue weighted by Crippen LogP contribution is 2.59. The Kier molecular flexibility index (Phi) is 5.93. The molecule has 0 bridgehead atoms. The third-order valence-electron chi connectivity index (χ3n) is 4.56. The summed E-state index contributed by atoms with van der Waals surface area (Å²) in [6, 6.07) is 0. The van der Waals surface area contributed by atoms with Crippen LogP contribution in [0.25, 0.3) is 0 Å². The number of unbranched alkanes of at least 4 members (excludes halogenated alkanes) is 1. The average molecular weight is 275 g/mol. The molecule has 3 nitrogen and oxygen atoms in total. The van der Waals surface area contributed by atoms with E-state index in [9.17, 15) is 4.79 Å². The van der Waals surface area contributed by atoms with Gasteiger partial charge in [0, 0.05) is 19.0 Å². The molecule has 1 spiro atoms. The summed E-state index contributed by atoms with van der Waals surface area (Å²) in [5, 5.41) is 3.39. The van der Waals surface area contributed by atoms with Crippen LogP contribution < -0.4 is 5.32 Å². The van der Waals surface area contributed by atoms with Crippen molar-refractivity contribution in [1.29, 1.82) is 0 Å². The molecular formula is C14H27ClN2O. The molecule has 1 amide bonds. The van der Waals surface area contributed by atoms with E-state index in [4.69, 9.17) is 0 Å². The van der Waals surface area contributed by atoms with Crippen LogP contribution in [0.1, 0.15) is 46.0 Å². The summed E-state index contributed by atoms with van der Waals surface area (Å²) in [6.45, 7) is 8.32.